The van der Waals surface area contributed by atoms with Gasteiger partial charge in [-0.05, 0) is 30.4 Å². The van der Waals surface area contributed by atoms with E-state index < -0.39 is 0 Å². The van der Waals surface area contributed by atoms with Crippen molar-refractivity contribution in [2.24, 2.45) is 5.92 Å². The summed E-state index contributed by atoms with van der Waals surface area (Å²) in [5.41, 5.74) is 2.39. The second kappa shape index (κ2) is 6.43. The van der Waals surface area contributed by atoms with Crippen molar-refractivity contribution in [3.8, 4) is 0 Å². The number of amides is 1. The summed E-state index contributed by atoms with van der Waals surface area (Å²) in [5.74, 6) is 0.580. The molecule has 0 saturated carbocycles. The summed E-state index contributed by atoms with van der Waals surface area (Å²) < 4.78 is 0. The van der Waals surface area contributed by atoms with Crippen LogP contribution in [-0.4, -0.2) is 11.9 Å². The molecule has 2 heteroatoms. The molecular formula is C15H23NO. The van der Waals surface area contributed by atoms with Crippen LogP contribution in [0.1, 0.15) is 38.8 Å². The molecular weight excluding hydrogens is 210 g/mol. The number of nitrogens with one attached hydrogen (secondary N) is 1. The molecule has 2 nitrogen and oxygen atoms in total. The van der Waals surface area contributed by atoms with Crippen molar-refractivity contribution in [1.29, 1.82) is 0 Å². The fourth-order valence-electron chi connectivity index (χ4n) is 1.55. The van der Waals surface area contributed by atoms with Crippen molar-refractivity contribution < 1.29 is 4.79 Å². The molecule has 0 aliphatic rings. The number of benzene rings is 1. The van der Waals surface area contributed by atoms with Gasteiger partial charge >= 0.3 is 0 Å². The summed E-state index contributed by atoms with van der Waals surface area (Å²) in [6.07, 6.45) is 1.51. The number of carbonyl (C=O) groups is 1. The summed E-state index contributed by atoms with van der Waals surface area (Å²) >= 11 is 0. The van der Waals surface area contributed by atoms with Crippen molar-refractivity contribution in [2.45, 2.75) is 46.6 Å². The number of hydrogen-bond donors (Lipinski definition) is 1. The molecule has 0 unspecified atom stereocenters. The largest absolute Gasteiger partial charge is 0.353 e. The third kappa shape index (κ3) is 4.59. The minimum absolute atomic E-state index is 0.107. The second-order valence-corrected chi connectivity index (χ2v) is 4.95. The summed E-state index contributed by atoms with van der Waals surface area (Å²) in [5, 5.41) is 3.02. The molecule has 17 heavy (non-hydrogen) atoms. The first kappa shape index (κ1) is 13.8. The van der Waals surface area contributed by atoms with E-state index >= 15 is 0 Å². The highest BCUT2D eigenvalue weighted by atomic mass is 16.1. The maximum Gasteiger partial charge on any atom is 0.224 e. The molecule has 0 bridgehead atoms. The molecule has 1 aromatic rings. The van der Waals surface area contributed by atoms with Gasteiger partial charge in [0.15, 0.2) is 0 Å². The number of hydrogen-bond acceptors (Lipinski definition) is 1. The fourth-order valence-corrected chi connectivity index (χ4v) is 1.55. The summed E-state index contributed by atoms with van der Waals surface area (Å²) in [6.45, 7) is 8.40. The highest BCUT2D eigenvalue weighted by molar-refractivity contribution is 5.78. The fraction of sp³-hybridized carbons (Fsp3) is 0.533. The van der Waals surface area contributed by atoms with Crippen LogP contribution in [0.4, 0.5) is 0 Å². The lowest BCUT2D eigenvalue weighted by Crippen LogP contribution is -2.37. The van der Waals surface area contributed by atoms with E-state index in [9.17, 15) is 4.79 Å². The van der Waals surface area contributed by atoms with Crippen LogP contribution in [0, 0.1) is 5.92 Å². The van der Waals surface area contributed by atoms with Crippen LogP contribution in [-0.2, 0) is 17.6 Å². The highest BCUT2D eigenvalue weighted by Gasteiger charge is 2.10. The van der Waals surface area contributed by atoms with E-state index in [0.29, 0.717) is 12.3 Å². The van der Waals surface area contributed by atoms with Gasteiger partial charge < -0.3 is 5.32 Å². The zero-order valence-corrected chi connectivity index (χ0v) is 11.3. The third-order valence-corrected chi connectivity index (χ3v) is 3.18. The normalized spacial score (nSPS) is 12.5. The molecule has 1 atom stereocenters. The summed E-state index contributed by atoms with van der Waals surface area (Å²) in [4.78, 5) is 11.8. The summed E-state index contributed by atoms with van der Waals surface area (Å²) in [7, 11) is 0. The van der Waals surface area contributed by atoms with Gasteiger partial charge in [0.05, 0.1) is 6.42 Å². The minimum atomic E-state index is 0.107. The predicted octanol–water partition coefficient (Wildman–Crippen LogP) is 2.95. The Morgan fingerprint density at radius 2 is 1.65 bits per heavy atom. The second-order valence-electron chi connectivity index (χ2n) is 4.95. The lowest BCUT2D eigenvalue weighted by molar-refractivity contribution is -0.121. The third-order valence-electron chi connectivity index (χ3n) is 3.18. The van der Waals surface area contributed by atoms with Crippen LogP contribution in [0.2, 0.25) is 0 Å². The summed E-state index contributed by atoms with van der Waals surface area (Å²) in [6, 6.07) is 8.50. The Labute approximate surface area is 104 Å². The maximum atomic E-state index is 11.8. The average Bonchev–Trinajstić information content (AvgIpc) is 2.29. The monoisotopic (exact) mass is 233 g/mol. The Morgan fingerprint density at radius 1 is 1.12 bits per heavy atom. The van der Waals surface area contributed by atoms with Crippen LogP contribution >= 0.6 is 0 Å². The van der Waals surface area contributed by atoms with Gasteiger partial charge in [-0.3, -0.25) is 4.79 Å². The molecule has 1 N–H and O–H groups in total. The van der Waals surface area contributed by atoms with Crippen LogP contribution < -0.4 is 5.32 Å². The van der Waals surface area contributed by atoms with E-state index in [1.165, 1.54) is 5.56 Å². The quantitative estimate of drug-likeness (QED) is 0.832. The molecule has 1 aromatic carbocycles. The first-order valence-electron chi connectivity index (χ1n) is 6.40. The molecule has 1 amide bonds. The Bertz CT molecular complexity index is 354. The zero-order chi connectivity index (χ0) is 12.8. The van der Waals surface area contributed by atoms with Gasteiger partial charge in [-0.15, -0.1) is 0 Å². The Balaban J connectivity index is 2.50. The molecule has 0 aromatic heterocycles. The number of carbonyl (C=O) groups excluding carboxylic acids is 1. The van der Waals surface area contributed by atoms with Gasteiger partial charge in [0.1, 0.15) is 0 Å². The van der Waals surface area contributed by atoms with E-state index in [1.807, 2.05) is 19.1 Å². The van der Waals surface area contributed by atoms with E-state index in [-0.39, 0.29) is 11.9 Å². The maximum absolute atomic E-state index is 11.8. The lowest BCUT2D eigenvalue weighted by Gasteiger charge is -2.17. The van der Waals surface area contributed by atoms with E-state index in [0.717, 1.165) is 12.0 Å². The molecule has 0 aliphatic carbocycles. The molecule has 0 spiro atoms. The van der Waals surface area contributed by atoms with Crippen molar-refractivity contribution in [1.82, 2.24) is 5.32 Å². The predicted molar refractivity (Wildman–Crippen MR) is 72.0 cm³/mol. The van der Waals surface area contributed by atoms with Gasteiger partial charge in [0.2, 0.25) is 5.91 Å². The molecule has 0 radical (unpaired) electrons. The van der Waals surface area contributed by atoms with Gasteiger partial charge in [0, 0.05) is 6.04 Å². The van der Waals surface area contributed by atoms with E-state index in [2.05, 4.69) is 38.2 Å². The lowest BCUT2D eigenvalue weighted by atomic mass is 10.0. The van der Waals surface area contributed by atoms with Gasteiger partial charge in [-0.2, -0.15) is 0 Å². The van der Waals surface area contributed by atoms with Crippen molar-refractivity contribution in [2.75, 3.05) is 0 Å². The molecule has 1 rings (SSSR count). The highest BCUT2D eigenvalue weighted by Crippen LogP contribution is 2.06. The molecule has 0 saturated heterocycles. The Hall–Kier alpha value is -1.31. The van der Waals surface area contributed by atoms with Gasteiger partial charge in [-0.1, -0.05) is 45.0 Å². The molecule has 0 aliphatic heterocycles. The Kier molecular flexibility index (Phi) is 5.20. The van der Waals surface area contributed by atoms with Crippen LogP contribution in [0.15, 0.2) is 24.3 Å². The van der Waals surface area contributed by atoms with Crippen molar-refractivity contribution in [3.05, 3.63) is 35.4 Å². The van der Waals surface area contributed by atoms with E-state index in [4.69, 9.17) is 0 Å². The van der Waals surface area contributed by atoms with Crippen LogP contribution in [0.25, 0.3) is 0 Å². The molecule has 0 fully saturated rings. The number of aryl methyl sites for hydroxylation is 1. The van der Waals surface area contributed by atoms with Crippen LogP contribution in [0.5, 0.6) is 0 Å². The topological polar surface area (TPSA) is 29.1 Å². The SMILES string of the molecule is CCc1ccc(CC(=O)N[C@H](C)C(C)C)cc1. The van der Waals surface area contributed by atoms with Crippen molar-refractivity contribution >= 4 is 5.91 Å². The van der Waals surface area contributed by atoms with Crippen molar-refractivity contribution in [3.63, 3.8) is 0 Å². The zero-order valence-electron chi connectivity index (χ0n) is 11.3. The first-order chi connectivity index (χ1) is 8.02. The number of rotatable bonds is 5. The Morgan fingerprint density at radius 3 is 2.12 bits per heavy atom. The van der Waals surface area contributed by atoms with Crippen LogP contribution in [0.3, 0.4) is 0 Å². The minimum Gasteiger partial charge on any atom is -0.353 e. The van der Waals surface area contributed by atoms with Gasteiger partial charge in [0.25, 0.3) is 0 Å². The molecule has 94 valence electrons. The first-order valence-corrected chi connectivity index (χ1v) is 6.40. The smallest absolute Gasteiger partial charge is 0.224 e. The van der Waals surface area contributed by atoms with Gasteiger partial charge in [-0.25, -0.2) is 0 Å². The van der Waals surface area contributed by atoms with E-state index in [1.54, 1.807) is 0 Å². The average molecular weight is 233 g/mol. The standard InChI is InChI=1S/C15H23NO/c1-5-13-6-8-14(9-7-13)10-15(17)16-12(4)11(2)3/h6-9,11-12H,5,10H2,1-4H3,(H,16,17)/t12-/m1/s1. The molecule has 0 heterocycles.